The zero-order valence-electron chi connectivity index (χ0n) is 13.5. The van der Waals surface area contributed by atoms with Crippen LogP contribution in [0.1, 0.15) is 22.6 Å². The normalized spacial score (nSPS) is 11.7. The Balaban J connectivity index is 1.88. The van der Waals surface area contributed by atoms with Crippen LogP contribution < -0.4 is 0 Å². The summed E-state index contributed by atoms with van der Waals surface area (Å²) >= 11 is 3.69. The van der Waals surface area contributed by atoms with Gasteiger partial charge in [-0.3, -0.25) is 0 Å². The molecule has 4 aromatic rings. The van der Waals surface area contributed by atoms with Crippen molar-refractivity contribution >= 4 is 26.8 Å². The van der Waals surface area contributed by atoms with Crippen LogP contribution in [0.3, 0.4) is 0 Å². The summed E-state index contributed by atoms with van der Waals surface area (Å²) in [6.45, 7) is 0. The molecule has 1 nitrogen and oxygen atoms in total. The number of halogens is 1. The lowest BCUT2D eigenvalue weighted by molar-refractivity contribution is 1.06. The fourth-order valence-corrected chi connectivity index (χ4v) is 3.56. The molecule has 0 aliphatic carbocycles. The van der Waals surface area contributed by atoms with Crippen LogP contribution in [0.25, 0.3) is 10.9 Å². The van der Waals surface area contributed by atoms with Crippen molar-refractivity contribution in [3.63, 3.8) is 0 Å². The van der Waals surface area contributed by atoms with Crippen molar-refractivity contribution < 1.29 is 0 Å². The Bertz CT molecular complexity index is 1070. The van der Waals surface area contributed by atoms with Crippen molar-refractivity contribution in [2.24, 2.45) is 0 Å². The molecule has 0 saturated carbocycles. The van der Waals surface area contributed by atoms with Crippen LogP contribution in [0.4, 0.5) is 0 Å². The van der Waals surface area contributed by atoms with E-state index >= 15 is 0 Å². The van der Waals surface area contributed by atoms with E-state index in [1.807, 2.05) is 42.5 Å². The van der Waals surface area contributed by atoms with Crippen LogP contribution in [0.2, 0.25) is 0 Å². The van der Waals surface area contributed by atoms with Gasteiger partial charge in [0.2, 0.25) is 0 Å². The van der Waals surface area contributed by atoms with Crippen LogP contribution in [0, 0.1) is 11.8 Å². The number of hydrogen-bond acceptors (Lipinski definition) is 0. The fourth-order valence-electron chi connectivity index (χ4n) is 3.04. The number of benzene rings is 3. The van der Waals surface area contributed by atoms with Crippen molar-refractivity contribution in [3.05, 3.63) is 106 Å². The van der Waals surface area contributed by atoms with E-state index in [9.17, 15) is 0 Å². The first kappa shape index (κ1) is 15.7. The smallest absolute Gasteiger partial charge is 0.0737 e. The lowest BCUT2D eigenvalue weighted by Gasteiger charge is -2.13. The highest BCUT2D eigenvalue weighted by Gasteiger charge is 2.18. The minimum atomic E-state index is -0.00747. The molecule has 1 heterocycles. The number of aromatic nitrogens is 1. The third kappa shape index (κ3) is 3.24. The number of aromatic amines is 1. The van der Waals surface area contributed by atoms with Crippen LogP contribution in [0.5, 0.6) is 0 Å². The van der Waals surface area contributed by atoms with Crippen molar-refractivity contribution in [3.8, 4) is 11.8 Å². The molecule has 0 bridgehead atoms. The summed E-state index contributed by atoms with van der Waals surface area (Å²) in [5.74, 6) is 6.82. The van der Waals surface area contributed by atoms with Gasteiger partial charge in [0.05, 0.1) is 5.92 Å². The molecule has 0 amide bonds. The Morgan fingerprint density at radius 3 is 2.32 bits per heavy atom. The predicted molar refractivity (Wildman–Crippen MR) is 108 cm³/mol. The van der Waals surface area contributed by atoms with Gasteiger partial charge in [-0.2, -0.15) is 0 Å². The molecule has 1 aromatic heterocycles. The van der Waals surface area contributed by atoms with Gasteiger partial charge in [-0.1, -0.05) is 82.4 Å². The van der Waals surface area contributed by atoms with E-state index in [4.69, 9.17) is 0 Å². The maximum Gasteiger partial charge on any atom is 0.0737 e. The molecule has 2 heteroatoms. The van der Waals surface area contributed by atoms with Crippen molar-refractivity contribution in [1.82, 2.24) is 4.98 Å². The highest BCUT2D eigenvalue weighted by Crippen LogP contribution is 2.34. The summed E-state index contributed by atoms with van der Waals surface area (Å²) in [4.78, 5) is 3.37. The minimum absolute atomic E-state index is 0.00747. The molecule has 0 radical (unpaired) electrons. The second kappa shape index (κ2) is 7.01. The molecular weight excluding hydrogens is 370 g/mol. The molecule has 0 aliphatic rings. The Kier molecular flexibility index (Phi) is 4.41. The molecule has 120 valence electrons. The number of rotatable bonds is 2. The molecule has 0 spiro atoms. The first-order valence-corrected chi connectivity index (χ1v) is 8.99. The summed E-state index contributed by atoms with van der Waals surface area (Å²) in [6, 6.07) is 26.8. The molecule has 0 aliphatic heterocycles. The van der Waals surface area contributed by atoms with Gasteiger partial charge in [-0.15, -0.1) is 0 Å². The first-order chi connectivity index (χ1) is 12.3. The Labute approximate surface area is 155 Å². The zero-order valence-corrected chi connectivity index (χ0v) is 15.1. The second-order valence-electron chi connectivity index (χ2n) is 5.88. The van der Waals surface area contributed by atoms with Gasteiger partial charge in [0, 0.05) is 27.1 Å². The van der Waals surface area contributed by atoms with E-state index in [0.29, 0.717) is 0 Å². The zero-order chi connectivity index (χ0) is 17.1. The predicted octanol–water partition coefficient (Wildman–Crippen LogP) is 6.11. The molecule has 0 fully saturated rings. The van der Waals surface area contributed by atoms with Crippen LogP contribution >= 0.6 is 15.9 Å². The summed E-state index contributed by atoms with van der Waals surface area (Å²) in [5, 5.41) is 1.21. The highest BCUT2D eigenvalue weighted by atomic mass is 79.9. The molecule has 25 heavy (non-hydrogen) atoms. The van der Waals surface area contributed by atoms with Crippen molar-refractivity contribution in [1.29, 1.82) is 0 Å². The Morgan fingerprint density at radius 2 is 1.48 bits per heavy atom. The quantitative estimate of drug-likeness (QED) is 0.400. The van der Waals surface area contributed by atoms with E-state index in [2.05, 4.69) is 75.3 Å². The van der Waals surface area contributed by atoms with Gasteiger partial charge in [0.15, 0.2) is 0 Å². The van der Waals surface area contributed by atoms with Gasteiger partial charge in [-0.25, -0.2) is 0 Å². The number of hydrogen-bond donors (Lipinski definition) is 1. The maximum atomic E-state index is 3.69. The number of H-pyrrole nitrogens is 1. The van der Waals surface area contributed by atoms with E-state index in [1.165, 1.54) is 16.5 Å². The average Bonchev–Trinajstić information content (AvgIpc) is 3.08. The van der Waals surface area contributed by atoms with Gasteiger partial charge in [0.25, 0.3) is 0 Å². The van der Waals surface area contributed by atoms with Gasteiger partial charge in [-0.05, 0) is 35.4 Å². The van der Waals surface area contributed by atoms with Crippen molar-refractivity contribution in [2.45, 2.75) is 5.92 Å². The molecule has 1 unspecified atom stereocenters. The van der Waals surface area contributed by atoms with Crippen molar-refractivity contribution in [2.75, 3.05) is 0 Å². The molecule has 4 rings (SSSR count). The molecule has 1 atom stereocenters. The number of nitrogens with one attached hydrogen (secondary N) is 1. The fraction of sp³-hybridized carbons (Fsp3) is 0.0435. The van der Waals surface area contributed by atoms with Crippen LogP contribution in [-0.4, -0.2) is 4.98 Å². The molecule has 3 aromatic carbocycles. The standard InChI is InChI=1S/C23H16BrN/c24-22-12-6-4-10-19(22)18(15-14-17-8-2-1-3-9-17)21-16-25-23-13-7-5-11-20(21)23/h1-13,16,18,25H. The molecular formula is C23H16BrN. The second-order valence-corrected chi connectivity index (χ2v) is 6.73. The summed E-state index contributed by atoms with van der Waals surface area (Å²) in [6.07, 6.45) is 2.08. The first-order valence-electron chi connectivity index (χ1n) is 8.20. The van der Waals surface area contributed by atoms with E-state index in [-0.39, 0.29) is 5.92 Å². The Morgan fingerprint density at radius 1 is 0.760 bits per heavy atom. The third-order valence-corrected chi connectivity index (χ3v) is 5.01. The summed E-state index contributed by atoms with van der Waals surface area (Å²) in [7, 11) is 0. The van der Waals surface area contributed by atoms with E-state index in [0.717, 1.165) is 15.6 Å². The number of fused-ring (bicyclic) bond motifs is 1. The van der Waals surface area contributed by atoms with Gasteiger partial charge in [0.1, 0.15) is 0 Å². The molecule has 0 saturated heterocycles. The van der Waals surface area contributed by atoms with Crippen LogP contribution in [0.15, 0.2) is 89.5 Å². The average molecular weight is 386 g/mol. The largest absolute Gasteiger partial charge is 0.361 e. The Hall–Kier alpha value is -2.76. The lowest BCUT2D eigenvalue weighted by atomic mass is 9.91. The van der Waals surface area contributed by atoms with Gasteiger partial charge < -0.3 is 4.98 Å². The molecule has 1 N–H and O–H groups in total. The summed E-state index contributed by atoms with van der Waals surface area (Å²) in [5.41, 5.74) is 4.54. The topological polar surface area (TPSA) is 15.8 Å². The van der Waals surface area contributed by atoms with E-state index in [1.54, 1.807) is 0 Å². The summed E-state index contributed by atoms with van der Waals surface area (Å²) < 4.78 is 1.08. The monoisotopic (exact) mass is 385 g/mol. The van der Waals surface area contributed by atoms with E-state index < -0.39 is 0 Å². The van der Waals surface area contributed by atoms with Crippen LogP contribution in [-0.2, 0) is 0 Å². The SMILES string of the molecule is Brc1ccccc1C(C#Cc1ccccc1)c1c[nH]c2ccccc12. The minimum Gasteiger partial charge on any atom is -0.361 e. The van der Waals surface area contributed by atoms with Gasteiger partial charge >= 0.3 is 0 Å². The maximum absolute atomic E-state index is 3.69. The lowest BCUT2D eigenvalue weighted by Crippen LogP contribution is -1.99. The third-order valence-electron chi connectivity index (χ3n) is 4.28. The highest BCUT2D eigenvalue weighted by molar-refractivity contribution is 9.10. The number of para-hydroxylation sites is 1.